The van der Waals surface area contributed by atoms with Crippen LogP contribution in [0.1, 0.15) is 13.3 Å². The van der Waals surface area contributed by atoms with Crippen LogP contribution < -0.4 is 10.6 Å². The highest BCUT2D eigenvalue weighted by Crippen LogP contribution is 2.21. The Morgan fingerprint density at radius 3 is 2.56 bits per heavy atom. The molecule has 0 aliphatic carbocycles. The Morgan fingerprint density at radius 2 is 1.94 bits per heavy atom. The van der Waals surface area contributed by atoms with Crippen molar-refractivity contribution in [2.45, 2.75) is 18.2 Å². The van der Waals surface area contributed by atoms with E-state index in [1.165, 1.54) is 6.07 Å². The molecular formula is C12H18N2O3S. The predicted molar refractivity (Wildman–Crippen MR) is 71.3 cm³/mol. The van der Waals surface area contributed by atoms with Gasteiger partial charge < -0.3 is 10.6 Å². The number of benzene rings is 1. The average molecular weight is 270 g/mol. The van der Waals surface area contributed by atoms with Crippen LogP contribution >= 0.6 is 0 Å². The van der Waals surface area contributed by atoms with Crippen molar-refractivity contribution in [2.24, 2.45) is 0 Å². The van der Waals surface area contributed by atoms with Crippen LogP contribution in [0.2, 0.25) is 0 Å². The largest absolute Gasteiger partial charge is 0.325 e. The number of carbonyl (C=O) groups excluding carboxylic acids is 1. The summed E-state index contributed by atoms with van der Waals surface area (Å²) in [7, 11) is -1.57. The van der Waals surface area contributed by atoms with Gasteiger partial charge in [-0.05, 0) is 19.2 Å². The Bertz CT molecular complexity index is 512. The van der Waals surface area contributed by atoms with E-state index in [0.717, 1.165) is 0 Å². The second kappa shape index (κ2) is 6.51. The summed E-state index contributed by atoms with van der Waals surface area (Å²) >= 11 is 0. The molecule has 1 aromatic carbocycles. The summed E-state index contributed by atoms with van der Waals surface area (Å²) in [5.41, 5.74) is 0.348. The van der Waals surface area contributed by atoms with E-state index in [1.807, 2.05) is 0 Å². The predicted octanol–water partition coefficient (Wildman–Crippen LogP) is 1.03. The van der Waals surface area contributed by atoms with Gasteiger partial charge in [-0.15, -0.1) is 0 Å². The van der Waals surface area contributed by atoms with Gasteiger partial charge in [0.05, 0.1) is 16.3 Å². The smallest absolute Gasteiger partial charge is 0.225 e. The van der Waals surface area contributed by atoms with Gasteiger partial charge in [0.2, 0.25) is 5.91 Å². The highest BCUT2D eigenvalue weighted by Gasteiger charge is 2.17. The van der Waals surface area contributed by atoms with Crippen molar-refractivity contribution in [3.8, 4) is 0 Å². The molecule has 5 nitrogen and oxygen atoms in total. The van der Waals surface area contributed by atoms with Gasteiger partial charge in [0.25, 0.3) is 0 Å². The SMILES string of the molecule is CCS(=O)(=O)c1ccccc1NC(=O)CCNC. The second-order valence-corrected chi connectivity index (χ2v) is 6.05. The van der Waals surface area contributed by atoms with E-state index in [1.54, 1.807) is 32.2 Å². The van der Waals surface area contributed by atoms with Crippen molar-refractivity contribution in [1.29, 1.82) is 0 Å². The van der Waals surface area contributed by atoms with Crippen LogP contribution in [0.5, 0.6) is 0 Å². The molecule has 2 N–H and O–H groups in total. The maximum atomic E-state index is 11.9. The van der Waals surface area contributed by atoms with Crippen LogP contribution in [0.3, 0.4) is 0 Å². The molecule has 1 aromatic rings. The van der Waals surface area contributed by atoms with Gasteiger partial charge in [0, 0.05) is 13.0 Å². The zero-order valence-corrected chi connectivity index (χ0v) is 11.4. The summed E-state index contributed by atoms with van der Waals surface area (Å²) in [4.78, 5) is 11.8. The van der Waals surface area contributed by atoms with Gasteiger partial charge in [-0.2, -0.15) is 0 Å². The number of hydrogen-bond acceptors (Lipinski definition) is 4. The second-order valence-electron chi connectivity index (χ2n) is 3.80. The molecule has 0 aliphatic rings. The lowest BCUT2D eigenvalue weighted by Gasteiger charge is -2.10. The van der Waals surface area contributed by atoms with E-state index >= 15 is 0 Å². The van der Waals surface area contributed by atoms with Gasteiger partial charge in [-0.1, -0.05) is 19.1 Å². The number of nitrogens with one attached hydrogen (secondary N) is 2. The van der Waals surface area contributed by atoms with Crippen LogP contribution in [-0.2, 0) is 14.6 Å². The van der Waals surface area contributed by atoms with Crippen LogP contribution in [0, 0.1) is 0 Å². The first-order valence-corrected chi connectivity index (χ1v) is 7.42. The van der Waals surface area contributed by atoms with Gasteiger partial charge in [-0.3, -0.25) is 4.79 Å². The highest BCUT2D eigenvalue weighted by atomic mass is 32.2. The van der Waals surface area contributed by atoms with E-state index in [0.29, 0.717) is 18.7 Å². The number of rotatable bonds is 6. The van der Waals surface area contributed by atoms with E-state index in [-0.39, 0.29) is 16.6 Å². The first-order chi connectivity index (χ1) is 8.51. The molecule has 0 fully saturated rings. The number of carbonyl (C=O) groups is 1. The Kier molecular flexibility index (Phi) is 5.30. The molecular weight excluding hydrogens is 252 g/mol. The molecule has 0 spiro atoms. The molecule has 0 unspecified atom stereocenters. The van der Waals surface area contributed by atoms with E-state index in [2.05, 4.69) is 10.6 Å². The fourth-order valence-corrected chi connectivity index (χ4v) is 2.50. The summed E-state index contributed by atoms with van der Waals surface area (Å²) < 4.78 is 23.7. The molecule has 0 bridgehead atoms. The zero-order valence-electron chi connectivity index (χ0n) is 10.6. The Morgan fingerprint density at radius 1 is 1.28 bits per heavy atom. The Hall–Kier alpha value is -1.40. The molecule has 0 aromatic heterocycles. The highest BCUT2D eigenvalue weighted by molar-refractivity contribution is 7.91. The number of para-hydroxylation sites is 1. The topological polar surface area (TPSA) is 75.3 Å². The minimum Gasteiger partial charge on any atom is -0.325 e. The van der Waals surface area contributed by atoms with Crippen LogP contribution in [-0.4, -0.2) is 33.7 Å². The van der Waals surface area contributed by atoms with E-state index in [4.69, 9.17) is 0 Å². The van der Waals surface area contributed by atoms with Crippen LogP contribution in [0.15, 0.2) is 29.2 Å². The zero-order chi connectivity index (χ0) is 13.6. The number of anilines is 1. The maximum absolute atomic E-state index is 11.9. The summed E-state index contributed by atoms with van der Waals surface area (Å²) in [6.45, 7) is 2.13. The lowest BCUT2D eigenvalue weighted by molar-refractivity contribution is -0.116. The van der Waals surface area contributed by atoms with E-state index in [9.17, 15) is 13.2 Å². The summed E-state index contributed by atoms with van der Waals surface area (Å²) in [5.74, 6) is -0.195. The maximum Gasteiger partial charge on any atom is 0.225 e. The van der Waals surface area contributed by atoms with E-state index < -0.39 is 9.84 Å². The number of amides is 1. The first-order valence-electron chi connectivity index (χ1n) is 5.77. The van der Waals surface area contributed by atoms with Crippen molar-refractivity contribution in [3.63, 3.8) is 0 Å². The van der Waals surface area contributed by atoms with Crippen molar-refractivity contribution < 1.29 is 13.2 Å². The van der Waals surface area contributed by atoms with Gasteiger partial charge in [0.15, 0.2) is 9.84 Å². The average Bonchev–Trinajstić information content (AvgIpc) is 2.37. The third kappa shape index (κ3) is 3.82. The quantitative estimate of drug-likeness (QED) is 0.809. The number of sulfone groups is 1. The molecule has 0 saturated heterocycles. The lowest BCUT2D eigenvalue weighted by atomic mass is 10.3. The summed E-state index contributed by atoms with van der Waals surface area (Å²) in [5, 5.41) is 5.49. The summed E-state index contributed by atoms with van der Waals surface area (Å²) in [6, 6.07) is 6.44. The van der Waals surface area contributed by atoms with Crippen LogP contribution in [0.25, 0.3) is 0 Å². The molecule has 18 heavy (non-hydrogen) atoms. The molecule has 1 amide bonds. The first kappa shape index (κ1) is 14.7. The Labute approximate surface area is 108 Å². The Balaban J connectivity index is 2.93. The standard InChI is InChI=1S/C12H18N2O3S/c1-3-18(16,17)11-7-5-4-6-10(11)14-12(15)8-9-13-2/h4-7,13H,3,8-9H2,1-2H3,(H,14,15). The summed E-state index contributed by atoms with van der Waals surface area (Å²) in [6.07, 6.45) is 0.303. The minimum atomic E-state index is -3.33. The molecule has 0 heterocycles. The van der Waals surface area contributed by atoms with Crippen molar-refractivity contribution in [2.75, 3.05) is 24.7 Å². The molecule has 0 aliphatic heterocycles. The molecule has 6 heteroatoms. The fourth-order valence-electron chi connectivity index (χ4n) is 1.45. The molecule has 0 atom stereocenters. The van der Waals surface area contributed by atoms with Crippen molar-refractivity contribution in [1.82, 2.24) is 5.32 Å². The molecule has 100 valence electrons. The molecule has 0 radical (unpaired) electrons. The normalized spacial score (nSPS) is 11.2. The van der Waals surface area contributed by atoms with Gasteiger partial charge in [-0.25, -0.2) is 8.42 Å². The monoisotopic (exact) mass is 270 g/mol. The molecule has 1 rings (SSSR count). The van der Waals surface area contributed by atoms with Crippen molar-refractivity contribution in [3.05, 3.63) is 24.3 Å². The number of hydrogen-bond donors (Lipinski definition) is 2. The third-order valence-electron chi connectivity index (χ3n) is 2.48. The van der Waals surface area contributed by atoms with Crippen LogP contribution in [0.4, 0.5) is 5.69 Å². The molecule has 0 saturated carbocycles. The lowest BCUT2D eigenvalue weighted by Crippen LogP contribution is -2.20. The van der Waals surface area contributed by atoms with Crippen molar-refractivity contribution >= 4 is 21.4 Å². The van der Waals surface area contributed by atoms with Gasteiger partial charge >= 0.3 is 0 Å². The fraction of sp³-hybridized carbons (Fsp3) is 0.417. The minimum absolute atomic E-state index is 0.0103. The van der Waals surface area contributed by atoms with Gasteiger partial charge in [0.1, 0.15) is 0 Å². The third-order valence-corrected chi connectivity index (χ3v) is 4.26.